The van der Waals surface area contributed by atoms with Crippen LogP contribution in [-0.2, 0) is 0 Å². The second kappa shape index (κ2) is 7.75. The van der Waals surface area contributed by atoms with E-state index in [1.165, 1.54) is 24.9 Å². The summed E-state index contributed by atoms with van der Waals surface area (Å²) >= 11 is 5.26. The second-order valence-corrected chi connectivity index (χ2v) is 6.98. The Bertz CT molecular complexity index is 974. The Kier molecular flexibility index (Phi) is 5.02. The van der Waals surface area contributed by atoms with Gasteiger partial charge in [0.1, 0.15) is 0 Å². The monoisotopic (exact) mass is 379 g/mol. The Hall–Kier alpha value is -2.93. The van der Waals surface area contributed by atoms with Crippen molar-refractivity contribution in [3.05, 3.63) is 48.5 Å². The summed E-state index contributed by atoms with van der Waals surface area (Å²) in [5, 5.41) is 22.3. The van der Waals surface area contributed by atoms with Gasteiger partial charge in [0, 0.05) is 29.9 Å². The molecule has 1 aliphatic heterocycles. The summed E-state index contributed by atoms with van der Waals surface area (Å²) in [5.41, 5.74) is 3.28. The van der Waals surface area contributed by atoms with Gasteiger partial charge in [-0.2, -0.15) is 0 Å². The van der Waals surface area contributed by atoms with Gasteiger partial charge in [0.05, 0.1) is 5.52 Å². The molecule has 2 heterocycles. The summed E-state index contributed by atoms with van der Waals surface area (Å²) in [6.07, 6.45) is 3.83. The number of aromatic amines is 1. The van der Waals surface area contributed by atoms with E-state index in [9.17, 15) is 5.11 Å². The van der Waals surface area contributed by atoms with Gasteiger partial charge < -0.3 is 20.3 Å². The average molecular weight is 379 g/mol. The molecule has 138 valence electrons. The van der Waals surface area contributed by atoms with Crippen LogP contribution in [0.25, 0.3) is 10.9 Å². The van der Waals surface area contributed by atoms with E-state index in [1.54, 1.807) is 0 Å². The molecule has 0 aliphatic carbocycles. The van der Waals surface area contributed by atoms with Crippen LogP contribution >= 0.6 is 12.2 Å². The summed E-state index contributed by atoms with van der Waals surface area (Å²) in [6, 6.07) is 15.7. The molecule has 3 N–H and O–H groups in total. The Morgan fingerprint density at radius 1 is 1.04 bits per heavy atom. The molecular formula is C20H21N5OS. The molecule has 4 rings (SSSR count). The van der Waals surface area contributed by atoms with Crippen molar-refractivity contribution >= 4 is 45.3 Å². The highest BCUT2D eigenvalue weighted by atomic mass is 32.1. The molecule has 2 aromatic carbocycles. The quantitative estimate of drug-likeness (QED) is 0.424. The van der Waals surface area contributed by atoms with E-state index < -0.39 is 0 Å². The first-order chi connectivity index (χ1) is 13.2. The first-order valence-corrected chi connectivity index (χ1v) is 9.49. The number of fused-ring (bicyclic) bond motifs is 1. The summed E-state index contributed by atoms with van der Waals surface area (Å²) < 4.78 is 0. The molecule has 0 radical (unpaired) electrons. The third-order valence-electron chi connectivity index (χ3n) is 4.74. The van der Waals surface area contributed by atoms with E-state index >= 15 is 0 Å². The number of para-hydroxylation sites is 1. The molecule has 7 heteroatoms. The van der Waals surface area contributed by atoms with Crippen molar-refractivity contribution < 1.29 is 5.11 Å². The zero-order valence-corrected chi connectivity index (χ0v) is 15.7. The Morgan fingerprint density at radius 3 is 2.56 bits per heavy atom. The zero-order chi connectivity index (χ0) is 18.6. The molecule has 1 fully saturated rings. The molecule has 0 bridgehead atoms. The van der Waals surface area contributed by atoms with Gasteiger partial charge in [-0.25, -0.2) is 0 Å². The first-order valence-electron chi connectivity index (χ1n) is 9.08. The summed E-state index contributed by atoms with van der Waals surface area (Å²) in [4.78, 5) is 5.28. The van der Waals surface area contributed by atoms with Gasteiger partial charge in [0.2, 0.25) is 11.0 Å². The number of hydrogen-bond acceptors (Lipinski definition) is 4. The van der Waals surface area contributed by atoms with Crippen molar-refractivity contribution in [3.63, 3.8) is 0 Å². The number of piperidine rings is 1. The highest BCUT2D eigenvalue weighted by Crippen LogP contribution is 2.35. The fraction of sp³-hybridized carbons (Fsp3) is 0.250. The van der Waals surface area contributed by atoms with Crippen LogP contribution in [0.15, 0.2) is 58.8 Å². The van der Waals surface area contributed by atoms with Crippen molar-refractivity contribution in [1.82, 2.24) is 4.98 Å². The lowest BCUT2D eigenvalue weighted by atomic mass is 10.1. The van der Waals surface area contributed by atoms with Crippen LogP contribution in [-0.4, -0.2) is 28.3 Å². The van der Waals surface area contributed by atoms with Crippen LogP contribution in [0.3, 0.4) is 0 Å². The maximum Gasteiger partial charge on any atom is 0.218 e. The van der Waals surface area contributed by atoms with Crippen molar-refractivity contribution in [2.45, 2.75) is 19.3 Å². The fourth-order valence-electron chi connectivity index (χ4n) is 3.37. The molecule has 0 atom stereocenters. The number of azo groups is 1. The van der Waals surface area contributed by atoms with Crippen LogP contribution in [0.1, 0.15) is 19.3 Å². The Balaban J connectivity index is 1.43. The lowest BCUT2D eigenvalue weighted by Crippen LogP contribution is -2.29. The van der Waals surface area contributed by atoms with Gasteiger partial charge in [-0.15, -0.1) is 10.2 Å². The molecule has 3 aromatic rings. The minimum atomic E-state index is -0.0198. The largest absolute Gasteiger partial charge is 0.493 e. The Labute approximate surface area is 162 Å². The predicted octanol–water partition coefficient (Wildman–Crippen LogP) is 5.34. The van der Waals surface area contributed by atoms with E-state index in [2.05, 4.69) is 37.6 Å². The van der Waals surface area contributed by atoms with Crippen LogP contribution in [0.5, 0.6) is 5.88 Å². The van der Waals surface area contributed by atoms with Crippen LogP contribution in [0.2, 0.25) is 0 Å². The number of H-pyrrole nitrogens is 1. The summed E-state index contributed by atoms with van der Waals surface area (Å²) in [6.45, 7) is 2.24. The number of thiocarbonyl (C=S) groups is 1. The fourth-order valence-corrected chi connectivity index (χ4v) is 3.52. The number of nitrogens with one attached hydrogen (secondary N) is 2. The summed E-state index contributed by atoms with van der Waals surface area (Å²) in [7, 11) is 0. The maximum absolute atomic E-state index is 10.0. The van der Waals surface area contributed by atoms with Crippen molar-refractivity contribution in [1.29, 1.82) is 0 Å². The molecule has 0 amide bonds. The van der Waals surface area contributed by atoms with E-state index in [4.69, 9.17) is 12.2 Å². The lowest BCUT2D eigenvalue weighted by molar-refractivity contribution is 0.459. The van der Waals surface area contributed by atoms with Crippen LogP contribution in [0.4, 0.5) is 17.1 Å². The molecule has 27 heavy (non-hydrogen) atoms. The SMILES string of the molecule is Oc1[nH]c2ccccc2c1N=NC(=S)Nc1ccc(N2CCCCC2)cc1. The number of anilines is 2. The van der Waals surface area contributed by atoms with E-state index in [0.29, 0.717) is 5.69 Å². The molecule has 0 spiro atoms. The van der Waals surface area contributed by atoms with Crippen molar-refractivity contribution in [3.8, 4) is 5.88 Å². The number of rotatable bonds is 3. The molecular weight excluding hydrogens is 358 g/mol. The van der Waals surface area contributed by atoms with E-state index in [1.807, 2.05) is 36.4 Å². The van der Waals surface area contributed by atoms with Crippen molar-refractivity contribution in [2.75, 3.05) is 23.3 Å². The highest BCUT2D eigenvalue weighted by molar-refractivity contribution is 7.80. The lowest BCUT2D eigenvalue weighted by Gasteiger charge is -2.28. The molecule has 1 aromatic heterocycles. The second-order valence-electron chi connectivity index (χ2n) is 6.59. The molecule has 6 nitrogen and oxygen atoms in total. The third-order valence-corrected chi connectivity index (χ3v) is 4.92. The molecule has 0 unspecified atom stereocenters. The standard InChI is InChI=1S/C20H21N5OS/c26-19-18(16-6-2-3-7-17(16)22-19)23-24-20(27)21-14-8-10-15(11-9-14)25-12-4-1-5-13-25/h2-3,6-11,22,26H,1,4-5,12-13H2,(H,21,27). The van der Waals surface area contributed by atoms with Crippen LogP contribution < -0.4 is 10.2 Å². The number of benzene rings is 2. The first kappa shape index (κ1) is 17.5. The Morgan fingerprint density at radius 2 is 1.78 bits per heavy atom. The highest BCUT2D eigenvalue weighted by Gasteiger charge is 2.11. The van der Waals surface area contributed by atoms with Gasteiger partial charge in [-0.1, -0.05) is 18.2 Å². The number of nitrogens with zero attached hydrogens (tertiary/aromatic N) is 3. The van der Waals surface area contributed by atoms with Gasteiger partial charge in [-0.3, -0.25) is 0 Å². The number of aromatic nitrogens is 1. The minimum absolute atomic E-state index is 0.0198. The van der Waals surface area contributed by atoms with Gasteiger partial charge >= 0.3 is 0 Å². The van der Waals surface area contributed by atoms with Crippen LogP contribution in [0, 0.1) is 0 Å². The molecule has 0 saturated carbocycles. The predicted molar refractivity (Wildman–Crippen MR) is 113 cm³/mol. The maximum atomic E-state index is 10.0. The van der Waals surface area contributed by atoms with E-state index in [-0.39, 0.29) is 11.0 Å². The van der Waals surface area contributed by atoms with Gasteiger partial charge in [0.15, 0.2) is 5.69 Å². The topological polar surface area (TPSA) is 76.0 Å². The number of hydrogen-bond donors (Lipinski definition) is 3. The van der Waals surface area contributed by atoms with Gasteiger partial charge in [-0.05, 0) is 61.8 Å². The zero-order valence-electron chi connectivity index (χ0n) is 14.9. The summed E-state index contributed by atoms with van der Waals surface area (Å²) in [5.74, 6) is -0.0198. The number of aromatic hydroxyl groups is 1. The molecule has 1 aliphatic rings. The van der Waals surface area contributed by atoms with E-state index in [0.717, 1.165) is 29.7 Å². The third kappa shape index (κ3) is 3.93. The average Bonchev–Trinajstić information content (AvgIpc) is 3.03. The molecule has 1 saturated heterocycles. The smallest absolute Gasteiger partial charge is 0.218 e. The van der Waals surface area contributed by atoms with Gasteiger partial charge in [0.25, 0.3) is 0 Å². The minimum Gasteiger partial charge on any atom is -0.493 e. The van der Waals surface area contributed by atoms with Crippen molar-refractivity contribution in [2.24, 2.45) is 10.2 Å². The normalized spacial score (nSPS) is 14.7.